The lowest BCUT2D eigenvalue weighted by Gasteiger charge is -1.88. The first-order chi connectivity index (χ1) is 5.04. The van der Waals surface area contributed by atoms with Gasteiger partial charge in [0, 0.05) is 12.6 Å². The fourth-order valence-electron chi connectivity index (χ4n) is 0.812. The first-order valence-corrected chi connectivity index (χ1v) is 3.75. The van der Waals surface area contributed by atoms with Gasteiger partial charge in [0.2, 0.25) is 0 Å². The first kappa shape index (κ1) is 8.26. The summed E-state index contributed by atoms with van der Waals surface area (Å²) in [6.07, 6.45) is 0. The minimum Gasteiger partial charge on any atom is -0.476 e. The van der Waals surface area contributed by atoms with Gasteiger partial charge in [-0.05, 0) is 22.9 Å². The third-order valence-corrected chi connectivity index (χ3v) is 2.51. The van der Waals surface area contributed by atoms with Crippen LogP contribution in [0, 0.1) is 6.92 Å². The van der Waals surface area contributed by atoms with Gasteiger partial charge in [0.15, 0.2) is 5.69 Å². The normalized spacial score (nSPS) is 10.1. The van der Waals surface area contributed by atoms with Crippen molar-refractivity contribution in [1.82, 2.24) is 9.78 Å². The maximum Gasteiger partial charge on any atom is 0.356 e. The molecule has 0 bridgehead atoms. The monoisotopic (exact) mass is 218 g/mol. The first-order valence-electron chi connectivity index (χ1n) is 2.96. The number of nitrogens with zero attached hydrogens (tertiary/aromatic N) is 2. The number of hydrogen-bond acceptors (Lipinski definition) is 2. The topological polar surface area (TPSA) is 55.1 Å². The van der Waals surface area contributed by atoms with E-state index in [-0.39, 0.29) is 5.69 Å². The summed E-state index contributed by atoms with van der Waals surface area (Å²) in [6, 6.07) is 0. The van der Waals surface area contributed by atoms with Crippen LogP contribution in [0.5, 0.6) is 0 Å². The Morgan fingerprint density at radius 2 is 2.27 bits per heavy atom. The van der Waals surface area contributed by atoms with Crippen molar-refractivity contribution in [3.05, 3.63) is 15.9 Å². The van der Waals surface area contributed by atoms with Crippen LogP contribution in [0.15, 0.2) is 4.60 Å². The summed E-state index contributed by atoms with van der Waals surface area (Å²) >= 11 is 3.21. The number of aryl methyl sites for hydroxylation is 1. The summed E-state index contributed by atoms with van der Waals surface area (Å²) in [6.45, 7) is 1.71. The molecular weight excluding hydrogens is 212 g/mol. The van der Waals surface area contributed by atoms with E-state index in [0.29, 0.717) is 10.2 Å². The lowest BCUT2D eigenvalue weighted by molar-refractivity contribution is 0.0689. The Morgan fingerprint density at radius 3 is 2.45 bits per heavy atom. The highest BCUT2D eigenvalue weighted by Crippen LogP contribution is 2.17. The van der Waals surface area contributed by atoms with Crippen LogP contribution >= 0.6 is 15.9 Å². The number of aromatic nitrogens is 2. The van der Waals surface area contributed by atoms with Gasteiger partial charge >= 0.3 is 5.97 Å². The average molecular weight is 219 g/mol. The zero-order valence-electron chi connectivity index (χ0n) is 6.13. The molecule has 1 N–H and O–H groups in total. The van der Waals surface area contributed by atoms with E-state index < -0.39 is 5.97 Å². The van der Waals surface area contributed by atoms with Crippen LogP contribution in [-0.4, -0.2) is 20.9 Å². The van der Waals surface area contributed by atoms with Crippen LogP contribution in [-0.2, 0) is 7.05 Å². The second-order valence-electron chi connectivity index (χ2n) is 2.19. The highest BCUT2D eigenvalue weighted by Gasteiger charge is 2.15. The minimum atomic E-state index is -0.996. The lowest BCUT2D eigenvalue weighted by atomic mass is 10.3. The van der Waals surface area contributed by atoms with Crippen LogP contribution in [0.3, 0.4) is 0 Å². The maximum absolute atomic E-state index is 10.5. The Hall–Kier alpha value is -0.840. The molecule has 0 spiro atoms. The van der Waals surface area contributed by atoms with Crippen molar-refractivity contribution in [3.63, 3.8) is 0 Å². The number of carboxylic acid groups (broad SMARTS) is 1. The summed E-state index contributed by atoms with van der Waals surface area (Å²) in [5.41, 5.74) is 0.749. The third-order valence-electron chi connectivity index (χ3n) is 1.40. The second-order valence-corrected chi connectivity index (χ2v) is 2.94. The highest BCUT2D eigenvalue weighted by molar-refractivity contribution is 9.10. The molecule has 0 amide bonds. The van der Waals surface area contributed by atoms with Crippen LogP contribution in [0.4, 0.5) is 0 Å². The van der Waals surface area contributed by atoms with Crippen molar-refractivity contribution in [2.45, 2.75) is 6.92 Å². The van der Waals surface area contributed by atoms with Crippen molar-refractivity contribution in [2.24, 2.45) is 7.05 Å². The minimum absolute atomic E-state index is 0.0966. The van der Waals surface area contributed by atoms with E-state index in [1.165, 1.54) is 4.68 Å². The SMILES string of the molecule is Cc1c(C(=O)O)nn(C)c1Br. The molecule has 1 heterocycles. The van der Waals surface area contributed by atoms with Gasteiger partial charge in [-0.3, -0.25) is 4.68 Å². The van der Waals surface area contributed by atoms with Gasteiger partial charge in [-0.25, -0.2) is 4.79 Å². The zero-order chi connectivity index (χ0) is 8.59. The number of rotatable bonds is 1. The predicted octanol–water partition coefficient (Wildman–Crippen LogP) is 1.19. The van der Waals surface area contributed by atoms with Gasteiger partial charge in [0.25, 0.3) is 0 Å². The Labute approximate surface area is 72.0 Å². The van der Waals surface area contributed by atoms with E-state index in [1.54, 1.807) is 14.0 Å². The molecule has 1 aromatic rings. The van der Waals surface area contributed by atoms with Gasteiger partial charge in [0.1, 0.15) is 4.60 Å². The van der Waals surface area contributed by atoms with Gasteiger partial charge in [-0.1, -0.05) is 0 Å². The summed E-state index contributed by atoms with van der Waals surface area (Å²) in [4.78, 5) is 10.5. The molecule has 0 aliphatic rings. The van der Waals surface area contributed by atoms with Gasteiger partial charge in [-0.15, -0.1) is 0 Å². The molecule has 0 radical (unpaired) electrons. The number of carboxylic acids is 1. The molecule has 0 saturated heterocycles. The van der Waals surface area contributed by atoms with Crippen molar-refractivity contribution in [3.8, 4) is 0 Å². The van der Waals surface area contributed by atoms with E-state index in [9.17, 15) is 4.79 Å². The van der Waals surface area contributed by atoms with Crippen molar-refractivity contribution in [2.75, 3.05) is 0 Å². The van der Waals surface area contributed by atoms with Crippen LogP contribution in [0.2, 0.25) is 0 Å². The van der Waals surface area contributed by atoms with Gasteiger partial charge in [0.05, 0.1) is 0 Å². The summed E-state index contributed by atoms with van der Waals surface area (Å²) in [5, 5.41) is 12.4. The van der Waals surface area contributed by atoms with E-state index in [4.69, 9.17) is 5.11 Å². The van der Waals surface area contributed by atoms with Crippen LogP contribution in [0.1, 0.15) is 16.1 Å². The maximum atomic E-state index is 10.5. The molecule has 0 fully saturated rings. The number of carbonyl (C=O) groups is 1. The van der Waals surface area contributed by atoms with Crippen molar-refractivity contribution in [1.29, 1.82) is 0 Å². The lowest BCUT2D eigenvalue weighted by Crippen LogP contribution is -2.00. The predicted molar refractivity (Wildman–Crippen MR) is 42.6 cm³/mol. The highest BCUT2D eigenvalue weighted by atomic mass is 79.9. The fourth-order valence-corrected chi connectivity index (χ4v) is 1.08. The van der Waals surface area contributed by atoms with E-state index in [1.807, 2.05) is 0 Å². The molecule has 1 rings (SSSR count). The smallest absolute Gasteiger partial charge is 0.356 e. The Bertz CT molecular complexity index is 306. The second kappa shape index (κ2) is 2.65. The van der Waals surface area contributed by atoms with E-state index in [2.05, 4.69) is 21.0 Å². The molecule has 4 nitrogen and oxygen atoms in total. The number of hydrogen-bond donors (Lipinski definition) is 1. The third kappa shape index (κ3) is 1.28. The standard InChI is InChI=1S/C6H7BrN2O2/c1-3-4(6(10)11)8-9(2)5(3)7/h1-2H3,(H,10,11). The average Bonchev–Trinajstić information content (AvgIpc) is 2.17. The van der Waals surface area contributed by atoms with Crippen LogP contribution in [0.25, 0.3) is 0 Å². The summed E-state index contributed by atoms with van der Waals surface area (Å²) in [7, 11) is 1.68. The molecule has 0 unspecified atom stereocenters. The number of aromatic carboxylic acids is 1. The summed E-state index contributed by atoms with van der Waals surface area (Å²) in [5.74, 6) is -0.996. The molecule has 0 aliphatic heterocycles. The largest absolute Gasteiger partial charge is 0.476 e. The fraction of sp³-hybridized carbons (Fsp3) is 0.333. The summed E-state index contributed by atoms with van der Waals surface area (Å²) < 4.78 is 2.19. The molecule has 0 atom stereocenters. The van der Waals surface area contributed by atoms with E-state index in [0.717, 1.165) is 0 Å². The number of halogens is 1. The molecule has 5 heteroatoms. The Balaban J connectivity index is 3.29. The van der Waals surface area contributed by atoms with Crippen molar-refractivity contribution >= 4 is 21.9 Å². The molecule has 11 heavy (non-hydrogen) atoms. The molecule has 60 valence electrons. The molecule has 0 aliphatic carbocycles. The van der Waals surface area contributed by atoms with E-state index >= 15 is 0 Å². The van der Waals surface area contributed by atoms with Crippen molar-refractivity contribution < 1.29 is 9.90 Å². The zero-order valence-corrected chi connectivity index (χ0v) is 7.71. The molecule has 1 aromatic heterocycles. The van der Waals surface area contributed by atoms with Gasteiger partial charge in [-0.2, -0.15) is 5.10 Å². The Morgan fingerprint density at radius 1 is 1.73 bits per heavy atom. The van der Waals surface area contributed by atoms with Crippen LogP contribution < -0.4 is 0 Å². The molecular formula is C6H7BrN2O2. The molecule has 0 aromatic carbocycles. The Kier molecular flexibility index (Phi) is 1.99. The van der Waals surface area contributed by atoms with Gasteiger partial charge < -0.3 is 5.11 Å². The quantitative estimate of drug-likeness (QED) is 0.771. The molecule has 0 saturated carbocycles.